The van der Waals surface area contributed by atoms with Crippen molar-refractivity contribution >= 4 is 26.9 Å². The molecule has 0 saturated heterocycles. The van der Waals surface area contributed by atoms with Crippen LogP contribution in [0.25, 0.3) is 0 Å². The molecule has 1 aliphatic rings. The molecule has 0 amide bonds. The molecule has 0 unspecified atom stereocenters. The smallest absolute Gasteiger partial charge is 0.243 e. The number of nitrogens with zero attached hydrogens (tertiary/aromatic N) is 1. The highest BCUT2D eigenvalue weighted by atomic mass is 32.2. The third-order valence-corrected chi connectivity index (χ3v) is 6.46. The number of carbonyl (C=O) groups is 1. The van der Waals surface area contributed by atoms with Crippen molar-refractivity contribution in [2.45, 2.75) is 32.6 Å². The largest absolute Gasteiger partial charge is 0.282 e. The van der Waals surface area contributed by atoms with E-state index in [-0.39, 0.29) is 28.9 Å². The van der Waals surface area contributed by atoms with Crippen molar-refractivity contribution in [1.29, 1.82) is 0 Å². The van der Waals surface area contributed by atoms with Crippen molar-refractivity contribution in [3.05, 3.63) is 77.6 Å². The van der Waals surface area contributed by atoms with E-state index >= 15 is 0 Å². The normalized spacial score (nSPS) is 13.5. The van der Waals surface area contributed by atoms with Crippen LogP contribution in [0.15, 0.2) is 71.1 Å². The van der Waals surface area contributed by atoms with Gasteiger partial charge in [-0.2, -0.15) is 4.31 Å². The number of sulfonamides is 1. The lowest BCUT2D eigenvalue weighted by atomic mass is 10.2. The molecule has 2 aromatic rings. The predicted octanol–water partition coefficient (Wildman–Crippen LogP) is 5.06. The van der Waals surface area contributed by atoms with E-state index in [1.54, 1.807) is 48.5 Å². The van der Waals surface area contributed by atoms with Gasteiger partial charge in [0.1, 0.15) is 5.82 Å². The molecule has 0 bridgehead atoms. The first-order valence-corrected chi connectivity index (χ1v) is 11.9. The zero-order valence-corrected chi connectivity index (χ0v) is 18.9. The second-order valence-electron chi connectivity index (χ2n) is 5.86. The molecule has 1 aliphatic heterocycles. The molecule has 0 aromatic heterocycles. The van der Waals surface area contributed by atoms with E-state index in [9.17, 15) is 17.6 Å². The van der Waals surface area contributed by atoms with Gasteiger partial charge < -0.3 is 0 Å². The van der Waals surface area contributed by atoms with Crippen LogP contribution in [0.2, 0.25) is 0 Å². The highest BCUT2D eigenvalue weighted by Gasteiger charge is 2.30. The highest BCUT2D eigenvalue weighted by Crippen LogP contribution is 2.23. The SMILES string of the molecule is CC.CCSC(=O)C1=CCN(S(=O)(=O)c2ccc(C)cc2)C1.Fc1ccccc1. The van der Waals surface area contributed by atoms with E-state index in [0.29, 0.717) is 11.3 Å². The number of hydrogen-bond donors (Lipinski definition) is 0. The highest BCUT2D eigenvalue weighted by molar-refractivity contribution is 8.14. The Bertz CT molecular complexity index is 895. The average Bonchev–Trinajstić information content (AvgIpc) is 3.22. The zero-order chi connectivity index (χ0) is 21.9. The minimum Gasteiger partial charge on any atom is -0.282 e. The zero-order valence-electron chi connectivity index (χ0n) is 17.3. The van der Waals surface area contributed by atoms with Crippen molar-refractivity contribution in [1.82, 2.24) is 4.31 Å². The van der Waals surface area contributed by atoms with Crippen molar-refractivity contribution in [2.75, 3.05) is 18.8 Å². The first-order chi connectivity index (χ1) is 13.8. The van der Waals surface area contributed by atoms with Crippen molar-refractivity contribution < 1.29 is 17.6 Å². The third-order valence-electron chi connectivity index (χ3n) is 3.82. The Morgan fingerprint density at radius 2 is 1.66 bits per heavy atom. The molecule has 0 fully saturated rings. The molecule has 3 rings (SSSR count). The fraction of sp³-hybridized carbons (Fsp3) is 0.318. The maximum Gasteiger partial charge on any atom is 0.243 e. The molecule has 0 saturated carbocycles. The lowest BCUT2D eigenvalue weighted by molar-refractivity contribution is -0.107. The Labute approximate surface area is 177 Å². The Morgan fingerprint density at radius 3 is 2.14 bits per heavy atom. The van der Waals surface area contributed by atoms with Gasteiger partial charge in [-0.05, 0) is 36.9 Å². The second kappa shape index (κ2) is 12.6. The van der Waals surface area contributed by atoms with E-state index in [1.165, 1.54) is 28.2 Å². The van der Waals surface area contributed by atoms with Crippen LogP contribution in [0.1, 0.15) is 26.3 Å². The van der Waals surface area contributed by atoms with E-state index in [4.69, 9.17) is 0 Å². The van der Waals surface area contributed by atoms with Crippen LogP contribution in [0.4, 0.5) is 4.39 Å². The maximum absolute atomic E-state index is 12.4. The first-order valence-electron chi connectivity index (χ1n) is 9.48. The van der Waals surface area contributed by atoms with Crippen LogP contribution in [-0.2, 0) is 14.8 Å². The summed E-state index contributed by atoms with van der Waals surface area (Å²) in [6.07, 6.45) is 1.71. The maximum atomic E-state index is 12.4. The summed E-state index contributed by atoms with van der Waals surface area (Å²) in [7, 11) is -3.52. The summed E-state index contributed by atoms with van der Waals surface area (Å²) < 4.78 is 38.1. The van der Waals surface area contributed by atoms with E-state index in [1.807, 2.05) is 27.7 Å². The minimum absolute atomic E-state index is 0.0332. The molecular weight excluding hydrogens is 409 g/mol. The molecule has 2 aromatic carbocycles. The van der Waals surface area contributed by atoms with Crippen LogP contribution in [0.5, 0.6) is 0 Å². The summed E-state index contributed by atoms with van der Waals surface area (Å²) in [4.78, 5) is 12.0. The molecular formula is C22H28FNO3S2. The molecule has 1 heterocycles. The third kappa shape index (κ3) is 7.76. The van der Waals surface area contributed by atoms with Gasteiger partial charge in [-0.3, -0.25) is 4.79 Å². The van der Waals surface area contributed by atoms with Gasteiger partial charge >= 0.3 is 0 Å². The quantitative estimate of drug-likeness (QED) is 0.671. The molecule has 4 nitrogen and oxygen atoms in total. The number of halogens is 1. The molecule has 0 N–H and O–H groups in total. The van der Waals surface area contributed by atoms with Gasteiger partial charge in [-0.25, -0.2) is 12.8 Å². The van der Waals surface area contributed by atoms with Gasteiger partial charge in [0, 0.05) is 18.7 Å². The molecule has 7 heteroatoms. The number of hydrogen-bond acceptors (Lipinski definition) is 4. The van der Waals surface area contributed by atoms with Crippen molar-refractivity contribution in [3.8, 4) is 0 Å². The summed E-state index contributed by atoms with van der Waals surface area (Å²) in [5.41, 5.74) is 1.59. The molecule has 0 spiro atoms. The van der Waals surface area contributed by atoms with E-state index in [0.717, 1.165) is 5.56 Å². The summed E-state index contributed by atoms with van der Waals surface area (Å²) in [6, 6.07) is 14.7. The molecule has 29 heavy (non-hydrogen) atoms. The number of aryl methyl sites for hydroxylation is 1. The number of rotatable bonds is 4. The van der Waals surface area contributed by atoms with Gasteiger partial charge in [0.15, 0.2) is 0 Å². The van der Waals surface area contributed by atoms with Crippen LogP contribution in [-0.4, -0.2) is 36.7 Å². The van der Waals surface area contributed by atoms with Gasteiger partial charge in [0.2, 0.25) is 15.1 Å². The Kier molecular flexibility index (Phi) is 10.9. The van der Waals surface area contributed by atoms with Crippen LogP contribution < -0.4 is 0 Å². The first kappa shape index (κ1) is 25.1. The average molecular weight is 438 g/mol. The fourth-order valence-corrected chi connectivity index (χ4v) is 4.31. The Balaban J connectivity index is 0.000000390. The lowest BCUT2D eigenvalue weighted by Crippen LogP contribution is -2.29. The fourth-order valence-electron chi connectivity index (χ4n) is 2.36. The van der Waals surface area contributed by atoms with Gasteiger partial charge in [-0.1, -0.05) is 74.5 Å². The number of benzene rings is 2. The van der Waals surface area contributed by atoms with Gasteiger partial charge in [0.25, 0.3) is 0 Å². The van der Waals surface area contributed by atoms with E-state index < -0.39 is 10.0 Å². The van der Waals surface area contributed by atoms with Crippen LogP contribution in [0.3, 0.4) is 0 Å². The van der Waals surface area contributed by atoms with Crippen LogP contribution in [0, 0.1) is 12.7 Å². The van der Waals surface area contributed by atoms with Crippen molar-refractivity contribution in [3.63, 3.8) is 0 Å². The van der Waals surface area contributed by atoms with E-state index in [2.05, 4.69) is 0 Å². The Hall–Kier alpha value is -1.96. The van der Waals surface area contributed by atoms with Gasteiger partial charge in [0.05, 0.1) is 4.90 Å². The monoisotopic (exact) mass is 437 g/mol. The Morgan fingerprint density at radius 1 is 1.07 bits per heavy atom. The standard InChI is InChI=1S/C14H17NO3S2.C6H5F.C2H6/c1-3-19-14(16)12-8-9-15(10-12)20(17,18)13-6-4-11(2)5-7-13;7-6-4-2-1-3-5-6;1-2/h4-8H,3,9-10H2,1-2H3;1-5H;1-2H3. The second-order valence-corrected chi connectivity index (χ2v) is 9.03. The summed E-state index contributed by atoms with van der Waals surface area (Å²) >= 11 is 1.21. The summed E-state index contributed by atoms with van der Waals surface area (Å²) in [6.45, 7) is 8.25. The predicted molar refractivity (Wildman–Crippen MR) is 119 cm³/mol. The minimum atomic E-state index is -3.52. The van der Waals surface area contributed by atoms with Crippen LogP contribution >= 0.6 is 11.8 Å². The molecule has 0 radical (unpaired) electrons. The number of thioether (sulfide) groups is 1. The molecule has 158 valence electrons. The summed E-state index contributed by atoms with van der Waals surface area (Å²) in [5.74, 6) is 0.517. The summed E-state index contributed by atoms with van der Waals surface area (Å²) in [5, 5.41) is -0.0332. The topological polar surface area (TPSA) is 54.5 Å². The molecule has 0 atom stereocenters. The molecule has 0 aliphatic carbocycles. The number of carbonyl (C=O) groups excluding carboxylic acids is 1. The lowest BCUT2D eigenvalue weighted by Gasteiger charge is -2.16. The van der Waals surface area contributed by atoms with Crippen molar-refractivity contribution in [2.24, 2.45) is 0 Å². The van der Waals surface area contributed by atoms with Gasteiger partial charge in [-0.15, -0.1) is 0 Å².